The number of rotatable bonds is 5. The van der Waals surface area contributed by atoms with Gasteiger partial charge in [0, 0.05) is 24.3 Å². The number of benzene rings is 3. The second kappa shape index (κ2) is 9.19. The van der Waals surface area contributed by atoms with Crippen molar-refractivity contribution < 1.29 is 22.4 Å². The number of morpholine rings is 1. The molecule has 1 aliphatic rings. The summed E-state index contributed by atoms with van der Waals surface area (Å²) in [5, 5.41) is 2.91. The van der Waals surface area contributed by atoms with Gasteiger partial charge in [-0.15, -0.1) is 0 Å². The van der Waals surface area contributed by atoms with E-state index in [4.69, 9.17) is 20.8 Å². The van der Waals surface area contributed by atoms with Gasteiger partial charge in [0.1, 0.15) is 5.52 Å². The van der Waals surface area contributed by atoms with E-state index in [0.717, 1.165) is 11.1 Å². The van der Waals surface area contributed by atoms with Crippen molar-refractivity contribution in [3.05, 3.63) is 77.3 Å². The van der Waals surface area contributed by atoms with E-state index < -0.39 is 15.9 Å². The highest BCUT2D eigenvalue weighted by atomic mass is 35.5. The zero-order valence-electron chi connectivity index (χ0n) is 17.9. The number of oxazole rings is 1. The molecule has 1 N–H and O–H groups in total. The molecule has 0 bridgehead atoms. The Morgan fingerprint density at radius 2 is 1.74 bits per heavy atom. The lowest BCUT2D eigenvalue weighted by atomic mass is 10.2. The molecular formula is C24H20ClN3O5S. The summed E-state index contributed by atoms with van der Waals surface area (Å²) in [5.41, 5.74) is 2.79. The largest absolute Gasteiger partial charge is 0.436 e. The Hall–Kier alpha value is -3.24. The standard InChI is InChI=1S/C24H20ClN3O5S/c25-20-10-9-18(34(30,31)28-11-13-32-14-12-28)15-19(20)23(29)26-17-7-5-16(6-8-17)24-27-21-3-1-2-4-22(21)33-24/h1-10,15H,11-14H2,(H,26,29). The van der Waals surface area contributed by atoms with Crippen molar-refractivity contribution in [3.8, 4) is 11.5 Å². The summed E-state index contributed by atoms with van der Waals surface area (Å²) in [6.45, 7) is 1.19. The molecule has 3 aromatic carbocycles. The molecule has 1 saturated heterocycles. The average Bonchev–Trinajstić information content (AvgIpc) is 3.29. The number of halogens is 1. The van der Waals surface area contributed by atoms with Gasteiger partial charge in [0.25, 0.3) is 5.91 Å². The number of nitrogens with zero attached hydrogens (tertiary/aromatic N) is 2. The Balaban J connectivity index is 1.35. The van der Waals surface area contributed by atoms with Gasteiger partial charge in [-0.05, 0) is 54.6 Å². The Morgan fingerprint density at radius 3 is 2.47 bits per heavy atom. The molecule has 0 saturated carbocycles. The molecule has 0 radical (unpaired) electrons. The highest BCUT2D eigenvalue weighted by Crippen LogP contribution is 2.27. The smallest absolute Gasteiger partial charge is 0.257 e. The van der Waals surface area contributed by atoms with E-state index in [1.54, 1.807) is 24.3 Å². The molecule has 0 aliphatic carbocycles. The predicted octanol–water partition coefficient (Wildman–Crippen LogP) is 4.42. The Bertz CT molecular complexity index is 1430. The molecule has 1 aliphatic heterocycles. The van der Waals surface area contributed by atoms with Crippen LogP contribution in [0.3, 0.4) is 0 Å². The summed E-state index contributed by atoms with van der Waals surface area (Å²) in [4.78, 5) is 17.4. The number of nitrogens with one attached hydrogen (secondary N) is 1. The highest BCUT2D eigenvalue weighted by Gasteiger charge is 2.27. The molecule has 10 heteroatoms. The molecule has 34 heavy (non-hydrogen) atoms. The van der Waals surface area contributed by atoms with E-state index in [1.807, 2.05) is 24.3 Å². The summed E-state index contributed by atoms with van der Waals surface area (Å²) in [6, 6.07) is 18.6. The zero-order valence-corrected chi connectivity index (χ0v) is 19.5. The quantitative estimate of drug-likeness (QED) is 0.438. The van der Waals surface area contributed by atoms with Crippen molar-refractivity contribution >= 4 is 44.3 Å². The zero-order chi connectivity index (χ0) is 23.7. The minimum Gasteiger partial charge on any atom is -0.436 e. The van der Waals surface area contributed by atoms with Crippen LogP contribution in [-0.2, 0) is 14.8 Å². The van der Waals surface area contributed by atoms with Gasteiger partial charge in [0.05, 0.1) is 28.7 Å². The Morgan fingerprint density at radius 1 is 1.00 bits per heavy atom. The lowest BCUT2D eigenvalue weighted by Crippen LogP contribution is -2.40. The van der Waals surface area contributed by atoms with E-state index in [1.165, 1.54) is 22.5 Å². The molecule has 5 rings (SSSR count). The minimum atomic E-state index is -3.76. The van der Waals surface area contributed by atoms with Crippen LogP contribution < -0.4 is 5.32 Å². The number of aromatic nitrogens is 1. The number of fused-ring (bicyclic) bond motifs is 1. The number of ether oxygens (including phenoxy) is 1. The average molecular weight is 498 g/mol. The van der Waals surface area contributed by atoms with E-state index in [0.29, 0.717) is 30.4 Å². The van der Waals surface area contributed by atoms with Crippen LogP contribution in [0, 0.1) is 0 Å². The maximum Gasteiger partial charge on any atom is 0.257 e. The van der Waals surface area contributed by atoms with Crippen LogP contribution in [0.4, 0.5) is 5.69 Å². The van der Waals surface area contributed by atoms with Crippen LogP contribution in [-0.4, -0.2) is 49.9 Å². The van der Waals surface area contributed by atoms with Crippen LogP contribution in [0.25, 0.3) is 22.6 Å². The molecule has 174 valence electrons. The highest BCUT2D eigenvalue weighted by molar-refractivity contribution is 7.89. The molecule has 1 aromatic heterocycles. The van der Waals surface area contributed by atoms with Gasteiger partial charge < -0.3 is 14.5 Å². The maximum absolute atomic E-state index is 12.9. The van der Waals surface area contributed by atoms with Crippen LogP contribution in [0.5, 0.6) is 0 Å². The predicted molar refractivity (Wildman–Crippen MR) is 128 cm³/mol. The number of hydrogen-bond donors (Lipinski definition) is 1. The maximum atomic E-state index is 12.9. The first-order valence-electron chi connectivity index (χ1n) is 10.6. The SMILES string of the molecule is O=C(Nc1ccc(-c2nc3ccccc3o2)cc1)c1cc(S(=O)(=O)N2CCOCC2)ccc1Cl. The molecule has 2 heterocycles. The molecule has 8 nitrogen and oxygen atoms in total. The fourth-order valence-electron chi connectivity index (χ4n) is 3.67. The molecule has 0 atom stereocenters. The van der Waals surface area contributed by atoms with Crippen LogP contribution in [0.2, 0.25) is 5.02 Å². The molecule has 0 spiro atoms. The second-order valence-electron chi connectivity index (χ2n) is 7.68. The number of carbonyl (C=O) groups is 1. The number of carbonyl (C=O) groups excluding carboxylic acids is 1. The number of para-hydroxylation sites is 2. The number of hydrogen-bond acceptors (Lipinski definition) is 6. The van der Waals surface area contributed by atoms with Crippen LogP contribution >= 0.6 is 11.6 Å². The van der Waals surface area contributed by atoms with Crippen molar-refractivity contribution in [3.63, 3.8) is 0 Å². The monoisotopic (exact) mass is 497 g/mol. The van der Waals surface area contributed by atoms with Crippen LogP contribution in [0.1, 0.15) is 10.4 Å². The molecule has 4 aromatic rings. The lowest BCUT2D eigenvalue weighted by Gasteiger charge is -2.26. The van der Waals surface area contributed by atoms with E-state index >= 15 is 0 Å². The summed E-state index contributed by atoms with van der Waals surface area (Å²) in [7, 11) is -3.76. The van der Waals surface area contributed by atoms with Crippen LogP contribution in [0.15, 0.2) is 76.0 Å². The minimum absolute atomic E-state index is 0.00950. The Kier molecular flexibility index (Phi) is 6.09. The van der Waals surface area contributed by atoms with Gasteiger partial charge in [-0.25, -0.2) is 13.4 Å². The Labute approximate surface area is 201 Å². The fraction of sp³-hybridized carbons (Fsp3) is 0.167. The third-order valence-electron chi connectivity index (χ3n) is 5.47. The summed E-state index contributed by atoms with van der Waals surface area (Å²) in [6.07, 6.45) is 0. The first-order valence-corrected chi connectivity index (χ1v) is 12.4. The number of anilines is 1. The molecule has 1 fully saturated rings. The number of sulfonamides is 1. The van der Waals surface area contributed by atoms with Gasteiger partial charge in [-0.1, -0.05) is 23.7 Å². The topological polar surface area (TPSA) is 102 Å². The van der Waals surface area contributed by atoms with Crippen molar-refractivity contribution in [2.45, 2.75) is 4.90 Å². The van der Waals surface area contributed by atoms with E-state index in [-0.39, 0.29) is 28.6 Å². The normalized spacial score (nSPS) is 14.9. The second-order valence-corrected chi connectivity index (χ2v) is 10.0. The van der Waals surface area contributed by atoms with Crippen molar-refractivity contribution in [1.29, 1.82) is 0 Å². The summed E-state index contributed by atoms with van der Waals surface area (Å²) in [5.74, 6) is -0.0400. The first kappa shape index (κ1) is 22.5. The summed E-state index contributed by atoms with van der Waals surface area (Å²) < 4.78 is 38.2. The van der Waals surface area contributed by atoms with Crippen molar-refractivity contribution in [2.75, 3.05) is 31.6 Å². The lowest BCUT2D eigenvalue weighted by molar-refractivity contribution is 0.0730. The molecule has 0 unspecified atom stereocenters. The number of amides is 1. The fourth-order valence-corrected chi connectivity index (χ4v) is 5.30. The van der Waals surface area contributed by atoms with Gasteiger partial charge in [-0.3, -0.25) is 4.79 Å². The third-order valence-corrected chi connectivity index (χ3v) is 7.70. The van der Waals surface area contributed by atoms with Gasteiger partial charge in [0.15, 0.2) is 5.58 Å². The van der Waals surface area contributed by atoms with Crippen molar-refractivity contribution in [1.82, 2.24) is 9.29 Å². The molecule has 1 amide bonds. The molecular weight excluding hydrogens is 478 g/mol. The first-order chi connectivity index (χ1) is 16.4. The van der Waals surface area contributed by atoms with Gasteiger partial charge >= 0.3 is 0 Å². The van der Waals surface area contributed by atoms with E-state index in [9.17, 15) is 13.2 Å². The third kappa shape index (κ3) is 4.43. The van der Waals surface area contributed by atoms with Gasteiger partial charge in [0.2, 0.25) is 15.9 Å². The van der Waals surface area contributed by atoms with Gasteiger partial charge in [-0.2, -0.15) is 4.31 Å². The van der Waals surface area contributed by atoms with E-state index in [2.05, 4.69) is 10.3 Å². The summed E-state index contributed by atoms with van der Waals surface area (Å²) >= 11 is 6.23. The van der Waals surface area contributed by atoms with Crippen molar-refractivity contribution in [2.24, 2.45) is 0 Å².